The third-order valence-corrected chi connectivity index (χ3v) is 2.45. The topological polar surface area (TPSA) is 20.2 Å². The van der Waals surface area contributed by atoms with Crippen LogP contribution in [0, 0.1) is 11.3 Å². The van der Waals surface area contributed by atoms with E-state index in [4.69, 9.17) is 0 Å². The van der Waals surface area contributed by atoms with Crippen molar-refractivity contribution in [1.82, 2.24) is 0 Å². The van der Waals surface area contributed by atoms with Gasteiger partial charge in [0, 0.05) is 0 Å². The minimum atomic E-state index is -0.186. The van der Waals surface area contributed by atoms with Gasteiger partial charge in [0.1, 0.15) is 0 Å². The number of rotatable bonds is 0. The first-order valence-electron chi connectivity index (χ1n) is 4.36. The van der Waals surface area contributed by atoms with Crippen molar-refractivity contribution in [3.05, 3.63) is 12.2 Å². The fraction of sp³-hybridized carbons (Fsp3) is 0.800. The van der Waals surface area contributed by atoms with Gasteiger partial charge in [0.2, 0.25) is 0 Å². The SMILES string of the molecule is CC(C)(C)[C@H]1C=C[C@@H](O)CC1. The Balaban J connectivity index is 2.57. The number of hydrogen-bond acceptors (Lipinski definition) is 1. The van der Waals surface area contributed by atoms with Crippen LogP contribution in [0.2, 0.25) is 0 Å². The number of aliphatic hydroxyl groups is 1. The molecule has 0 spiro atoms. The van der Waals surface area contributed by atoms with Crippen LogP contribution >= 0.6 is 0 Å². The van der Waals surface area contributed by atoms with Crippen LogP contribution < -0.4 is 0 Å². The molecular weight excluding hydrogens is 136 g/mol. The van der Waals surface area contributed by atoms with Crippen molar-refractivity contribution in [2.24, 2.45) is 11.3 Å². The zero-order valence-electron chi connectivity index (χ0n) is 7.67. The summed E-state index contributed by atoms with van der Waals surface area (Å²) in [5.41, 5.74) is 0.358. The van der Waals surface area contributed by atoms with Gasteiger partial charge in [-0.1, -0.05) is 32.9 Å². The summed E-state index contributed by atoms with van der Waals surface area (Å²) in [5.74, 6) is 0.644. The Bertz CT molecular complexity index is 153. The van der Waals surface area contributed by atoms with E-state index in [1.165, 1.54) is 0 Å². The maximum absolute atomic E-state index is 9.21. The highest BCUT2D eigenvalue weighted by molar-refractivity contribution is 5.01. The molecule has 0 aromatic rings. The summed E-state index contributed by atoms with van der Waals surface area (Å²) >= 11 is 0. The molecule has 1 aliphatic carbocycles. The number of allylic oxidation sites excluding steroid dienone is 1. The predicted molar refractivity (Wildman–Crippen MR) is 47.3 cm³/mol. The highest BCUT2D eigenvalue weighted by atomic mass is 16.3. The fourth-order valence-corrected chi connectivity index (χ4v) is 1.53. The summed E-state index contributed by atoms with van der Waals surface area (Å²) in [5, 5.41) is 9.21. The van der Waals surface area contributed by atoms with E-state index < -0.39 is 0 Å². The Morgan fingerprint density at radius 1 is 1.18 bits per heavy atom. The highest BCUT2D eigenvalue weighted by Crippen LogP contribution is 2.33. The molecule has 0 amide bonds. The first kappa shape index (κ1) is 8.79. The molecule has 0 saturated carbocycles. The van der Waals surface area contributed by atoms with Crippen molar-refractivity contribution in [3.63, 3.8) is 0 Å². The second-order valence-corrected chi connectivity index (χ2v) is 4.50. The Labute approximate surface area is 69.1 Å². The predicted octanol–water partition coefficient (Wildman–Crippen LogP) is 2.36. The van der Waals surface area contributed by atoms with Crippen molar-refractivity contribution in [2.45, 2.75) is 39.7 Å². The van der Waals surface area contributed by atoms with Crippen LogP contribution in [0.3, 0.4) is 0 Å². The van der Waals surface area contributed by atoms with Crippen LogP contribution in [0.25, 0.3) is 0 Å². The lowest BCUT2D eigenvalue weighted by Crippen LogP contribution is -2.23. The summed E-state index contributed by atoms with van der Waals surface area (Å²) in [7, 11) is 0. The molecule has 0 radical (unpaired) electrons. The molecule has 0 unspecified atom stereocenters. The Kier molecular flexibility index (Phi) is 2.38. The van der Waals surface area contributed by atoms with Crippen molar-refractivity contribution in [3.8, 4) is 0 Å². The molecule has 2 atom stereocenters. The molecule has 0 aromatic heterocycles. The monoisotopic (exact) mass is 154 g/mol. The van der Waals surface area contributed by atoms with Gasteiger partial charge in [-0.2, -0.15) is 0 Å². The van der Waals surface area contributed by atoms with Gasteiger partial charge < -0.3 is 5.11 Å². The third-order valence-electron chi connectivity index (χ3n) is 2.45. The van der Waals surface area contributed by atoms with E-state index >= 15 is 0 Å². The molecule has 0 aliphatic heterocycles. The normalized spacial score (nSPS) is 32.4. The summed E-state index contributed by atoms with van der Waals surface area (Å²) in [6.07, 6.45) is 5.96. The largest absolute Gasteiger partial charge is 0.389 e. The second-order valence-electron chi connectivity index (χ2n) is 4.50. The summed E-state index contributed by atoms with van der Waals surface area (Å²) in [4.78, 5) is 0. The molecule has 1 nitrogen and oxygen atoms in total. The van der Waals surface area contributed by atoms with E-state index in [0.717, 1.165) is 12.8 Å². The van der Waals surface area contributed by atoms with Crippen LogP contribution in [0.5, 0.6) is 0 Å². The molecule has 0 saturated heterocycles. The summed E-state index contributed by atoms with van der Waals surface area (Å²) in [6, 6.07) is 0. The Morgan fingerprint density at radius 3 is 2.18 bits per heavy atom. The standard InChI is InChI=1S/C10H18O/c1-10(2,3)8-4-6-9(11)7-5-8/h4,6,8-9,11H,5,7H2,1-3H3/t8-,9+/m0/s1. The first-order chi connectivity index (χ1) is 5.00. The van der Waals surface area contributed by atoms with Crippen LogP contribution in [0.4, 0.5) is 0 Å². The van der Waals surface area contributed by atoms with Crippen LogP contribution in [0.15, 0.2) is 12.2 Å². The average Bonchev–Trinajstić information content (AvgIpc) is 1.86. The Morgan fingerprint density at radius 2 is 1.82 bits per heavy atom. The minimum Gasteiger partial charge on any atom is -0.389 e. The van der Waals surface area contributed by atoms with E-state index in [2.05, 4.69) is 26.8 Å². The molecule has 1 aliphatic rings. The molecule has 11 heavy (non-hydrogen) atoms. The van der Waals surface area contributed by atoms with Gasteiger partial charge in [0.15, 0.2) is 0 Å². The summed E-state index contributed by atoms with van der Waals surface area (Å²) in [6.45, 7) is 6.75. The molecule has 1 heteroatoms. The fourth-order valence-electron chi connectivity index (χ4n) is 1.53. The molecule has 64 valence electrons. The van der Waals surface area contributed by atoms with E-state index in [0.29, 0.717) is 11.3 Å². The quantitative estimate of drug-likeness (QED) is 0.531. The van der Waals surface area contributed by atoms with Crippen molar-refractivity contribution in [1.29, 1.82) is 0 Å². The van der Waals surface area contributed by atoms with Crippen LogP contribution in [-0.4, -0.2) is 11.2 Å². The average molecular weight is 154 g/mol. The maximum Gasteiger partial charge on any atom is 0.0721 e. The van der Waals surface area contributed by atoms with Gasteiger partial charge >= 0.3 is 0 Å². The van der Waals surface area contributed by atoms with Gasteiger partial charge in [-0.25, -0.2) is 0 Å². The van der Waals surface area contributed by atoms with Gasteiger partial charge in [0.25, 0.3) is 0 Å². The second kappa shape index (κ2) is 2.98. The Hall–Kier alpha value is -0.300. The van der Waals surface area contributed by atoms with Gasteiger partial charge in [0.05, 0.1) is 6.10 Å². The van der Waals surface area contributed by atoms with Gasteiger partial charge in [-0.15, -0.1) is 0 Å². The zero-order chi connectivity index (χ0) is 8.48. The molecule has 1 rings (SSSR count). The van der Waals surface area contributed by atoms with Crippen molar-refractivity contribution in [2.75, 3.05) is 0 Å². The lowest BCUT2D eigenvalue weighted by Gasteiger charge is -2.31. The molecule has 0 heterocycles. The van der Waals surface area contributed by atoms with Crippen LogP contribution in [0.1, 0.15) is 33.6 Å². The first-order valence-corrected chi connectivity index (χ1v) is 4.36. The number of hydrogen-bond donors (Lipinski definition) is 1. The molecular formula is C10H18O. The van der Waals surface area contributed by atoms with Crippen molar-refractivity contribution >= 4 is 0 Å². The van der Waals surface area contributed by atoms with Crippen LogP contribution in [-0.2, 0) is 0 Å². The molecule has 1 N–H and O–H groups in total. The van der Waals surface area contributed by atoms with Crippen molar-refractivity contribution < 1.29 is 5.11 Å². The molecule has 0 aromatic carbocycles. The number of aliphatic hydroxyl groups excluding tert-OH is 1. The van der Waals surface area contributed by atoms with E-state index in [1.54, 1.807) is 0 Å². The van der Waals surface area contributed by atoms with Gasteiger partial charge in [-0.05, 0) is 24.2 Å². The lowest BCUT2D eigenvalue weighted by molar-refractivity contribution is 0.168. The third kappa shape index (κ3) is 2.33. The zero-order valence-corrected chi connectivity index (χ0v) is 7.67. The van der Waals surface area contributed by atoms with Gasteiger partial charge in [-0.3, -0.25) is 0 Å². The highest BCUT2D eigenvalue weighted by Gasteiger charge is 2.24. The van der Waals surface area contributed by atoms with E-state index in [1.807, 2.05) is 6.08 Å². The van der Waals surface area contributed by atoms with E-state index in [9.17, 15) is 5.11 Å². The molecule has 0 bridgehead atoms. The lowest BCUT2D eigenvalue weighted by atomic mass is 9.75. The smallest absolute Gasteiger partial charge is 0.0721 e. The maximum atomic E-state index is 9.21. The minimum absolute atomic E-state index is 0.186. The van der Waals surface area contributed by atoms with E-state index in [-0.39, 0.29) is 6.10 Å². The molecule has 0 fully saturated rings. The summed E-state index contributed by atoms with van der Waals surface area (Å²) < 4.78 is 0.